The molecule has 0 bridgehead atoms. The molecule has 18 heavy (non-hydrogen) atoms. The van der Waals surface area contributed by atoms with Crippen LogP contribution >= 0.6 is 0 Å². The second-order valence-electron chi connectivity index (χ2n) is 4.52. The zero-order valence-corrected chi connectivity index (χ0v) is 10.0. The molecule has 6 heteroatoms. The molecule has 3 aromatic heterocycles. The van der Waals surface area contributed by atoms with Gasteiger partial charge in [-0.2, -0.15) is 9.83 Å². The zero-order valence-electron chi connectivity index (χ0n) is 10.0. The number of fused-ring (bicyclic) bond motifs is 3. The third-order valence-corrected chi connectivity index (χ3v) is 2.94. The summed E-state index contributed by atoms with van der Waals surface area (Å²) in [5.41, 5.74) is 1.76. The van der Waals surface area contributed by atoms with E-state index in [4.69, 9.17) is 0 Å². The highest BCUT2D eigenvalue weighted by molar-refractivity contribution is 5.79. The van der Waals surface area contributed by atoms with Crippen molar-refractivity contribution in [1.82, 2.24) is 19.3 Å². The fourth-order valence-electron chi connectivity index (χ4n) is 1.91. The van der Waals surface area contributed by atoms with Gasteiger partial charge in [0, 0.05) is 18.5 Å². The molecule has 92 valence electrons. The monoisotopic (exact) mass is 244 g/mol. The second-order valence-corrected chi connectivity index (χ2v) is 4.52. The van der Waals surface area contributed by atoms with Gasteiger partial charge in [0.15, 0.2) is 5.65 Å². The maximum Gasteiger partial charge on any atom is 0.293 e. The summed E-state index contributed by atoms with van der Waals surface area (Å²) in [6.07, 6.45) is 2.77. The molecule has 3 rings (SSSR count). The van der Waals surface area contributed by atoms with Crippen LogP contribution in [0.2, 0.25) is 0 Å². The molecular formula is C12H12N4O2. The number of aromatic nitrogens is 4. The van der Waals surface area contributed by atoms with Crippen molar-refractivity contribution in [2.24, 2.45) is 0 Å². The number of hydrogen-bond donors (Lipinski definition) is 1. The molecule has 6 nitrogen and oxygen atoms in total. The summed E-state index contributed by atoms with van der Waals surface area (Å²) in [7, 11) is 0. The molecular weight excluding hydrogens is 232 g/mol. The van der Waals surface area contributed by atoms with E-state index in [0.29, 0.717) is 27.2 Å². The van der Waals surface area contributed by atoms with Crippen molar-refractivity contribution < 1.29 is 5.21 Å². The Balaban J connectivity index is 2.46. The molecule has 0 atom stereocenters. The van der Waals surface area contributed by atoms with Gasteiger partial charge in [-0.1, -0.05) is 13.8 Å². The minimum atomic E-state index is -0.497. The predicted molar refractivity (Wildman–Crippen MR) is 66.0 cm³/mol. The first kappa shape index (κ1) is 10.8. The molecule has 0 spiro atoms. The Hall–Kier alpha value is -2.37. The molecule has 0 saturated carbocycles. The van der Waals surface area contributed by atoms with E-state index in [1.807, 2.05) is 19.9 Å². The minimum absolute atomic E-state index is 0.292. The van der Waals surface area contributed by atoms with Gasteiger partial charge in [0.1, 0.15) is 0 Å². The molecule has 0 aliphatic rings. The SMILES string of the molecule is CC(C)c1cc2ncc3c(=O)n(O)ccc3n2n1. The van der Waals surface area contributed by atoms with Crippen LogP contribution in [0, 0.1) is 0 Å². The predicted octanol–water partition coefficient (Wildman–Crippen LogP) is 1.40. The van der Waals surface area contributed by atoms with Gasteiger partial charge in [0.05, 0.1) is 16.6 Å². The van der Waals surface area contributed by atoms with Gasteiger partial charge in [-0.3, -0.25) is 4.79 Å². The molecule has 0 aliphatic carbocycles. The molecule has 0 aromatic carbocycles. The van der Waals surface area contributed by atoms with Crippen LogP contribution in [0.25, 0.3) is 16.6 Å². The zero-order chi connectivity index (χ0) is 12.9. The van der Waals surface area contributed by atoms with Crippen molar-refractivity contribution in [2.45, 2.75) is 19.8 Å². The standard InChI is InChI=1S/C12H12N4O2/c1-7(2)9-5-11-13-6-8-10(16(11)14-9)3-4-15(18)12(8)17/h3-7,18H,1-2H3. The molecule has 0 fully saturated rings. The number of pyridine rings is 1. The fourth-order valence-corrected chi connectivity index (χ4v) is 1.91. The summed E-state index contributed by atoms with van der Waals surface area (Å²) >= 11 is 0. The van der Waals surface area contributed by atoms with E-state index >= 15 is 0 Å². The fraction of sp³-hybridized carbons (Fsp3) is 0.250. The van der Waals surface area contributed by atoms with Gasteiger partial charge in [-0.25, -0.2) is 9.50 Å². The van der Waals surface area contributed by atoms with Gasteiger partial charge in [0.2, 0.25) is 0 Å². The first-order valence-corrected chi connectivity index (χ1v) is 5.67. The molecule has 0 unspecified atom stereocenters. The Kier molecular flexibility index (Phi) is 2.13. The van der Waals surface area contributed by atoms with Crippen molar-refractivity contribution in [3.05, 3.63) is 40.6 Å². The Morgan fingerprint density at radius 1 is 1.39 bits per heavy atom. The number of rotatable bonds is 1. The molecule has 0 radical (unpaired) electrons. The van der Waals surface area contributed by atoms with Gasteiger partial charge < -0.3 is 5.21 Å². The van der Waals surface area contributed by atoms with E-state index in [0.717, 1.165) is 5.69 Å². The Labute approximate surface area is 102 Å². The summed E-state index contributed by atoms with van der Waals surface area (Å²) in [5.74, 6) is 0.292. The highest BCUT2D eigenvalue weighted by Crippen LogP contribution is 2.17. The van der Waals surface area contributed by atoms with Crippen LogP contribution in [0.15, 0.2) is 29.3 Å². The molecule has 1 N–H and O–H groups in total. The topological polar surface area (TPSA) is 72.4 Å². The number of hydrogen-bond acceptors (Lipinski definition) is 4. The summed E-state index contributed by atoms with van der Waals surface area (Å²) in [6, 6.07) is 3.54. The van der Waals surface area contributed by atoms with E-state index in [2.05, 4.69) is 10.1 Å². The summed E-state index contributed by atoms with van der Waals surface area (Å²) in [5, 5.41) is 14.1. The first-order chi connectivity index (χ1) is 8.58. The van der Waals surface area contributed by atoms with Crippen molar-refractivity contribution in [2.75, 3.05) is 0 Å². The van der Waals surface area contributed by atoms with Crippen LogP contribution in [0.3, 0.4) is 0 Å². The van der Waals surface area contributed by atoms with Gasteiger partial charge in [0.25, 0.3) is 5.56 Å². The largest absolute Gasteiger partial charge is 0.425 e. The lowest BCUT2D eigenvalue weighted by molar-refractivity contribution is 0.176. The molecule has 0 amide bonds. The van der Waals surface area contributed by atoms with Crippen molar-refractivity contribution >= 4 is 16.6 Å². The van der Waals surface area contributed by atoms with E-state index in [9.17, 15) is 10.0 Å². The molecule has 3 aromatic rings. The third-order valence-electron chi connectivity index (χ3n) is 2.94. The number of nitrogens with zero attached hydrogens (tertiary/aromatic N) is 4. The summed E-state index contributed by atoms with van der Waals surface area (Å²) in [4.78, 5) is 15.9. The maximum atomic E-state index is 11.7. The van der Waals surface area contributed by atoms with Crippen LogP contribution in [-0.4, -0.2) is 24.5 Å². The highest BCUT2D eigenvalue weighted by atomic mass is 16.5. The van der Waals surface area contributed by atoms with Crippen LogP contribution < -0.4 is 5.56 Å². The Morgan fingerprint density at radius 2 is 2.17 bits per heavy atom. The lowest BCUT2D eigenvalue weighted by atomic mass is 10.1. The van der Waals surface area contributed by atoms with Crippen molar-refractivity contribution in [3.8, 4) is 0 Å². The maximum absolute atomic E-state index is 11.7. The first-order valence-electron chi connectivity index (χ1n) is 5.67. The van der Waals surface area contributed by atoms with Crippen molar-refractivity contribution in [3.63, 3.8) is 0 Å². The van der Waals surface area contributed by atoms with Crippen LogP contribution in [0.5, 0.6) is 0 Å². The Bertz CT molecular complexity index is 801. The van der Waals surface area contributed by atoms with Gasteiger partial charge in [-0.15, -0.1) is 0 Å². The van der Waals surface area contributed by atoms with E-state index in [1.165, 1.54) is 12.4 Å². The third kappa shape index (κ3) is 1.38. The average Bonchev–Trinajstić information content (AvgIpc) is 2.77. The van der Waals surface area contributed by atoms with Crippen LogP contribution in [-0.2, 0) is 0 Å². The van der Waals surface area contributed by atoms with Crippen LogP contribution in [0.4, 0.5) is 0 Å². The molecule has 0 saturated heterocycles. The van der Waals surface area contributed by atoms with E-state index in [-0.39, 0.29) is 0 Å². The lowest BCUT2D eigenvalue weighted by Gasteiger charge is -2.01. The second kappa shape index (κ2) is 3.56. The molecule has 0 aliphatic heterocycles. The van der Waals surface area contributed by atoms with E-state index < -0.39 is 5.56 Å². The minimum Gasteiger partial charge on any atom is -0.425 e. The molecule has 3 heterocycles. The smallest absolute Gasteiger partial charge is 0.293 e. The van der Waals surface area contributed by atoms with Crippen LogP contribution in [0.1, 0.15) is 25.5 Å². The van der Waals surface area contributed by atoms with Crippen molar-refractivity contribution in [1.29, 1.82) is 0 Å². The lowest BCUT2D eigenvalue weighted by Crippen LogP contribution is -2.17. The van der Waals surface area contributed by atoms with Gasteiger partial charge >= 0.3 is 0 Å². The van der Waals surface area contributed by atoms with E-state index in [1.54, 1.807) is 10.6 Å². The van der Waals surface area contributed by atoms with Gasteiger partial charge in [-0.05, 0) is 12.0 Å². The summed E-state index contributed by atoms with van der Waals surface area (Å²) < 4.78 is 2.18. The average molecular weight is 244 g/mol. The highest BCUT2D eigenvalue weighted by Gasteiger charge is 2.11. The quantitative estimate of drug-likeness (QED) is 0.657. The Morgan fingerprint density at radius 3 is 2.89 bits per heavy atom. The summed E-state index contributed by atoms with van der Waals surface area (Å²) in [6.45, 7) is 4.09. The normalized spacial score (nSPS) is 11.7.